The van der Waals surface area contributed by atoms with E-state index < -0.39 is 0 Å². The molecule has 146 valence electrons. The van der Waals surface area contributed by atoms with E-state index in [-0.39, 0.29) is 12.1 Å². The van der Waals surface area contributed by atoms with E-state index in [1.807, 2.05) is 30.3 Å². The lowest BCUT2D eigenvalue weighted by atomic mass is 10.1. The number of rotatable bonds is 5. The summed E-state index contributed by atoms with van der Waals surface area (Å²) in [5, 5.41) is 1.76. The van der Waals surface area contributed by atoms with Gasteiger partial charge in [0.25, 0.3) is 0 Å². The van der Waals surface area contributed by atoms with Crippen LogP contribution in [0.25, 0.3) is 10.2 Å². The van der Waals surface area contributed by atoms with Gasteiger partial charge < -0.3 is 14.4 Å². The number of anilines is 1. The molecule has 0 aliphatic carbocycles. The lowest BCUT2D eigenvalue weighted by molar-refractivity contribution is 0.0525. The van der Waals surface area contributed by atoms with Gasteiger partial charge in [-0.25, -0.2) is 9.78 Å². The van der Waals surface area contributed by atoms with Gasteiger partial charge in [0.15, 0.2) is 5.13 Å². The lowest BCUT2D eigenvalue weighted by Gasteiger charge is -2.32. The third-order valence-corrected chi connectivity index (χ3v) is 6.01. The second-order valence-electron chi connectivity index (χ2n) is 6.66. The van der Waals surface area contributed by atoms with Crippen molar-refractivity contribution in [1.82, 2.24) is 4.98 Å². The molecule has 2 aromatic carbocycles. The molecule has 4 rings (SSSR count). The first-order valence-corrected chi connectivity index (χ1v) is 10.6. The van der Waals surface area contributed by atoms with Crippen LogP contribution in [0.1, 0.15) is 30.1 Å². The van der Waals surface area contributed by atoms with Crippen LogP contribution in [0.15, 0.2) is 42.5 Å². The summed E-state index contributed by atoms with van der Waals surface area (Å²) in [4.78, 5) is 18.9. The third kappa shape index (κ3) is 4.23. The van der Waals surface area contributed by atoms with Crippen molar-refractivity contribution in [2.24, 2.45) is 0 Å². The molecule has 0 N–H and O–H groups in total. The van der Waals surface area contributed by atoms with Crippen molar-refractivity contribution in [3.63, 3.8) is 0 Å². The normalized spacial score (nSPS) is 15.0. The van der Waals surface area contributed by atoms with E-state index in [1.165, 1.54) is 0 Å². The molecule has 1 aliphatic rings. The molecule has 28 heavy (non-hydrogen) atoms. The molecule has 2 heterocycles. The monoisotopic (exact) mass is 416 g/mol. The minimum atomic E-state index is -0.321. The number of fused-ring (bicyclic) bond motifs is 1. The summed E-state index contributed by atoms with van der Waals surface area (Å²) < 4.78 is 12.3. The molecule has 1 aliphatic heterocycles. The number of nitrogens with zero attached hydrogens (tertiary/aromatic N) is 2. The Hall–Kier alpha value is -2.31. The molecule has 1 fully saturated rings. The van der Waals surface area contributed by atoms with Crippen LogP contribution >= 0.6 is 22.9 Å². The summed E-state index contributed by atoms with van der Waals surface area (Å²) in [5.74, 6) is 0.386. The lowest BCUT2D eigenvalue weighted by Crippen LogP contribution is -2.38. The molecular weight excluding hydrogens is 396 g/mol. The number of aromatic nitrogens is 1. The van der Waals surface area contributed by atoms with E-state index in [0.717, 1.165) is 46.3 Å². The fourth-order valence-corrected chi connectivity index (χ4v) is 4.58. The highest BCUT2D eigenvalue weighted by molar-refractivity contribution is 7.22. The van der Waals surface area contributed by atoms with Crippen LogP contribution in [-0.4, -0.2) is 36.8 Å². The van der Waals surface area contributed by atoms with Crippen molar-refractivity contribution in [1.29, 1.82) is 0 Å². The quantitative estimate of drug-likeness (QED) is 0.537. The summed E-state index contributed by atoms with van der Waals surface area (Å²) in [6.45, 7) is 3.93. The van der Waals surface area contributed by atoms with Crippen molar-refractivity contribution in [2.45, 2.75) is 25.9 Å². The summed E-state index contributed by atoms with van der Waals surface area (Å²) in [5.41, 5.74) is 1.50. The van der Waals surface area contributed by atoms with E-state index in [4.69, 9.17) is 26.1 Å². The Morgan fingerprint density at radius 2 is 2.07 bits per heavy atom. The van der Waals surface area contributed by atoms with Crippen molar-refractivity contribution >= 4 is 44.3 Å². The largest absolute Gasteiger partial charge is 0.490 e. The van der Waals surface area contributed by atoms with Gasteiger partial charge in [-0.15, -0.1) is 0 Å². The van der Waals surface area contributed by atoms with Gasteiger partial charge >= 0.3 is 5.97 Å². The molecule has 1 saturated heterocycles. The molecule has 1 aromatic heterocycles. The SMILES string of the molecule is CCOC(=O)c1cccc(OC2CCN(c3nc4ccc(Cl)cc4s3)CC2)c1. The second kappa shape index (κ2) is 8.37. The number of ether oxygens (including phenoxy) is 2. The zero-order valence-electron chi connectivity index (χ0n) is 15.6. The van der Waals surface area contributed by atoms with Crippen LogP contribution in [0.5, 0.6) is 5.75 Å². The molecule has 0 atom stereocenters. The molecule has 3 aromatic rings. The standard InChI is InChI=1S/C21H21ClN2O3S/c1-2-26-20(25)14-4-3-5-17(12-14)27-16-8-10-24(11-9-16)21-23-18-7-6-15(22)13-19(18)28-21/h3-7,12-13,16H,2,8-11H2,1H3. The molecule has 0 bridgehead atoms. The maximum Gasteiger partial charge on any atom is 0.338 e. The molecular formula is C21H21ClN2O3S. The van der Waals surface area contributed by atoms with Crippen molar-refractivity contribution in [3.8, 4) is 5.75 Å². The van der Waals surface area contributed by atoms with E-state index in [2.05, 4.69) is 4.90 Å². The van der Waals surface area contributed by atoms with Gasteiger partial charge in [-0.2, -0.15) is 0 Å². The van der Waals surface area contributed by atoms with E-state index in [1.54, 1.807) is 30.4 Å². The number of esters is 1. The molecule has 5 nitrogen and oxygen atoms in total. The number of thiazole rings is 1. The Balaban J connectivity index is 1.37. The van der Waals surface area contributed by atoms with Gasteiger partial charge in [0.2, 0.25) is 0 Å². The Labute approximate surface area is 172 Å². The highest BCUT2D eigenvalue weighted by Gasteiger charge is 2.23. The number of hydrogen-bond acceptors (Lipinski definition) is 6. The first kappa shape index (κ1) is 19.0. The van der Waals surface area contributed by atoms with Crippen LogP contribution in [0.2, 0.25) is 5.02 Å². The Kier molecular flexibility index (Phi) is 5.69. The predicted octanol–water partition coefficient (Wildman–Crippen LogP) is 5.17. The Morgan fingerprint density at radius 1 is 1.25 bits per heavy atom. The number of benzene rings is 2. The molecule has 0 unspecified atom stereocenters. The van der Waals surface area contributed by atoms with Crippen LogP contribution in [-0.2, 0) is 4.74 Å². The van der Waals surface area contributed by atoms with E-state index >= 15 is 0 Å². The van der Waals surface area contributed by atoms with Gasteiger partial charge in [0.05, 0.1) is 22.4 Å². The van der Waals surface area contributed by atoms with Gasteiger partial charge in [0, 0.05) is 31.0 Å². The van der Waals surface area contributed by atoms with Gasteiger partial charge in [-0.3, -0.25) is 0 Å². The topological polar surface area (TPSA) is 51.7 Å². The highest BCUT2D eigenvalue weighted by atomic mass is 35.5. The summed E-state index contributed by atoms with van der Waals surface area (Å²) >= 11 is 7.75. The van der Waals surface area contributed by atoms with Gasteiger partial charge in [-0.1, -0.05) is 29.0 Å². The number of hydrogen-bond donors (Lipinski definition) is 0. The summed E-state index contributed by atoms with van der Waals surface area (Å²) in [6, 6.07) is 13.0. The number of halogens is 1. The zero-order valence-corrected chi connectivity index (χ0v) is 17.1. The van der Waals surface area contributed by atoms with Crippen molar-refractivity contribution < 1.29 is 14.3 Å². The first-order valence-electron chi connectivity index (χ1n) is 9.37. The van der Waals surface area contributed by atoms with E-state index in [0.29, 0.717) is 17.9 Å². The predicted molar refractivity (Wildman–Crippen MR) is 113 cm³/mol. The smallest absolute Gasteiger partial charge is 0.338 e. The van der Waals surface area contributed by atoms with Crippen molar-refractivity contribution in [2.75, 3.05) is 24.6 Å². The Morgan fingerprint density at radius 3 is 2.86 bits per heavy atom. The van der Waals surface area contributed by atoms with Gasteiger partial charge in [-0.05, 0) is 43.3 Å². The summed E-state index contributed by atoms with van der Waals surface area (Å²) in [7, 11) is 0. The average Bonchev–Trinajstić information content (AvgIpc) is 3.12. The maximum absolute atomic E-state index is 11.9. The second-order valence-corrected chi connectivity index (χ2v) is 8.11. The molecule has 0 spiro atoms. The van der Waals surface area contributed by atoms with Crippen LogP contribution in [0.3, 0.4) is 0 Å². The zero-order chi connectivity index (χ0) is 19.5. The summed E-state index contributed by atoms with van der Waals surface area (Å²) in [6.07, 6.45) is 1.93. The Bertz CT molecular complexity index is 983. The molecule has 0 saturated carbocycles. The molecule has 7 heteroatoms. The highest BCUT2D eigenvalue weighted by Crippen LogP contribution is 2.32. The van der Waals surface area contributed by atoms with E-state index in [9.17, 15) is 4.79 Å². The van der Waals surface area contributed by atoms with Gasteiger partial charge in [0.1, 0.15) is 11.9 Å². The van der Waals surface area contributed by atoms with Crippen LogP contribution in [0.4, 0.5) is 5.13 Å². The molecule has 0 radical (unpaired) electrons. The average molecular weight is 417 g/mol. The minimum absolute atomic E-state index is 0.123. The van der Waals surface area contributed by atoms with Crippen LogP contribution in [0, 0.1) is 0 Å². The van der Waals surface area contributed by atoms with Crippen molar-refractivity contribution in [3.05, 3.63) is 53.1 Å². The number of piperidine rings is 1. The fraction of sp³-hybridized carbons (Fsp3) is 0.333. The third-order valence-electron chi connectivity index (χ3n) is 4.70. The first-order chi connectivity index (χ1) is 13.6. The fourth-order valence-electron chi connectivity index (χ4n) is 3.29. The number of carbonyl (C=O) groups is 1. The molecule has 0 amide bonds. The number of carbonyl (C=O) groups excluding carboxylic acids is 1. The van der Waals surface area contributed by atoms with Crippen LogP contribution < -0.4 is 9.64 Å². The maximum atomic E-state index is 11.9. The minimum Gasteiger partial charge on any atom is -0.490 e.